The molecule has 0 aliphatic heterocycles. The summed E-state index contributed by atoms with van der Waals surface area (Å²) in [5.41, 5.74) is 0.470. The van der Waals surface area contributed by atoms with E-state index in [1.165, 1.54) is 24.3 Å². The summed E-state index contributed by atoms with van der Waals surface area (Å²) in [6.07, 6.45) is 2.56. The lowest BCUT2D eigenvalue weighted by molar-refractivity contribution is 0.332. The number of nitrogens with one attached hydrogen (secondary N) is 1. The van der Waals surface area contributed by atoms with Crippen molar-refractivity contribution in [2.24, 2.45) is 5.41 Å². The first-order valence-electron chi connectivity index (χ1n) is 5.41. The third kappa shape index (κ3) is 8.63. The fourth-order valence-electron chi connectivity index (χ4n) is 1.18. The van der Waals surface area contributed by atoms with Crippen LogP contribution in [0.1, 0.15) is 40.5 Å². The van der Waals surface area contributed by atoms with Gasteiger partial charge in [-0.2, -0.15) is 11.8 Å². The van der Waals surface area contributed by atoms with E-state index >= 15 is 0 Å². The summed E-state index contributed by atoms with van der Waals surface area (Å²) < 4.78 is 0. The van der Waals surface area contributed by atoms with Gasteiger partial charge in [0.25, 0.3) is 0 Å². The SMILES string of the molecule is CCCNCC(C)(C)CCSCC. The molecule has 0 aromatic heterocycles. The van der Waals surface area contributed by atoms with E-state index in [1.54, 1.807) is 0 Å². The van der Waals surface area contributed by atoms with E-state index in [0.717, 1.165) is 13.1 Å². The van der Waals surface area contributed by atoms with Crippen molar-refractivity contribution < 1.29 is 0 Å². The van der Waals surface area contributed by atoms with Crippen molar-refractivity contribution in [3.05, 3.63) is 0 Å². The molecule has 0 fully saturated rings. The standard InChI is InChI=1S/C11H25NS/c1-5-8-12-10-11(3,4)7-9-13-6-2/h12H,5-10H2,1-4H3. The van der Waals surface area contributed by atoms with Crippen LogP contribution in [-0.2, 0) is 0 Å². The molecule has 0 radical (unpaired) electrons. The summed E-state index contributed by atoms with van der Waals surface area (Å²) in [5, 5.41) is 3.49. The van der Waals surface area contributed by atoms with Gasteiger partial charge in [0, 0.05) is 6.54 Å². The van der Waals surface area contributed by atoms with Gasteiger partial charge in [0.1, 0.15) is 0 Å². The van der Waals surface area contributed by atoms with Gasteiger partial charge in [0.05, 0.1) is 0 Å². The normalized spacial score (nSPS) is 12.0. The lowest BCUT2D eigenvalue weighted by Crippen LogP contribution is -2.30. The molecule has 0 amide bonds. The molecule has 0 rings (SSSR count). The Hall–Kier alpha value is 0.310. The molecule has 0 unspecified atom stereocenters. The summed E-state index contributed by atoms with van der Waals surface area (Å²) in [7, 11) is 0. The molecule has 1 nitrogen and oxygen atoms in total. The van der Waals surface area contributed by atoms with Crippen LogP contribution in [0.4, 0.5) is 0 Å². The maximum absolute atomic E-state index is 3.49. The average Bonchev–Trinajstić information content (AvgIpc) is 2.05. The number of hydrogen-bond acceptors (Lipinski definition) is 2. The second kappa shape index (κ2) is 7.69. The van der Waals surface area contributed by atoms with E-state index in [9.17, 15) is 0 Å². The Kier molecular flexibility index (Phi) is 7.87. The Labute approximate surface area is 88.1 Å². The van der Waals surface area contributed by atoms with E-state index in [4.69, 9.17) is 0 Å². The fourth-order valence-corrected chi connectivity index (χ4v) is 2.17. The maximum Gasteiger partial charge on any atom is 0.000281 e. The minimum atomic E-state index is 0.470. The summed E-state index contributed by atoms with van der Waals surface area (Å²) in [4.78, 5) is 0. The monoisotopic (exact) mass is 203 g/mol. The van der Waals surface area contributed by atoms with E-state index in [1.807, 2.05) is 11.8 Å². The molecule has 0 bridgehead atoms. The predicted molar refractivity (Wildman–Crippen MR) is 64.6 cm³/mol. The Morgan fingerprint density at radius 3 is 2.46 bits per heavy atom. The zero-order valence-electron chi connectivity index (χ0n) is 9.65. The second-order valence-corrected chi connectivity index (χ2v) is 5.68. The van der Waals surface area contributed by atoms with E-state index in [-0.39, 0.29) is 0 Å². The molecule has 80 valence electrons. The van der Waals surface area contributed by atoms with E-state index < -0.39 is 0 Å². The van der Waals surface area contributed by atoms with Gasteiger partial charge >= 0.3 is 0 Å². The summed E-state index contributed by atoms with van der Waals surface area (Å²) in [6.45, 7) is 11.5. The van der Waals surface area contributed by atoms with Crippen molar-refractivity contribution in [3.8, 4) is 0 Å². The van der Waals surface area contributed by atoms with Crippen LogP contribution in [0, 0.1) is 5.41 Å². The first kappa shape index (κ1) is 13.3. The maximum atomic E-state index is 3.49. The van der Waals surface area contributed by atoms with Crippen LogP contribution in [0.25, 0.3) is 0 Å². The molecular formula is C11H25NS. The molecule has 0 spiro atoms. The van der Waals surface area contributed by atoms with Gasteiger partial charge in [-0.05, 0) is 36.3 Å². The Balaban J connectivity index is 3.42. The van der Waals surface area contributed by atoms with Gasteiger partial charge in [0.2, 0.25) is 0 Å². The van der Waals surface area contributed by atoms with Gasteiger partial charge in [0.15, 0.2) is 0 Å². The molecule has 13 heavy (non-hydrogen) atoms. The fraction of sp³-hybridized carbons (Fsp3) is 1.00. The van der Waals surface area contributed by atoms with E-state index in [2.05, 4.69) is 33.0 Å². The minimum absolute atomic E-state index is 0.470. The first-order valence-corrected chi connectivity index (χ1v) is 6.56. The smallest absolute Gasteiger partial charge is 0.000281 e. The average molecular weight is 203 g/mol. The highest BCUT2D eigenvalue weighted by atomic mass is 32.2. The van der Waals surface area contributed by atoms with Crippen molar-refractivity contribution in [2.75, 3.05) is 24.6 Å². The van der Waals surface area contributed by atoms with Gasteiger partial charge in [-0.15, -0.1) is 0 Å². The second-order valence-electron chi connectivity index (χ2n) is 4.29. The number of thioether (sulfide) groups is 1. The van der Waals surface area contributed by atoms with Crippen molar-refractivity contribution in [1.82, 2.24) is 5.32 Å². The third-order valence-electron chi connectivity index (χ3n) is 2.16. The predicted octanol–water partition coefficient (Wildman–Crippen LogP) is 3.16. The van der Waals surface area contributed by atoms with Gasteiger partial charge in [-0.1, -0.05) is 27.7 Å². The lowest BCUT2D eigenvalue weighted by atomic mass is 9.90. The van der Waals surface area contributed by atoms with Crippen LogP contribution in [-0.4, -0.2) is 24.6 Å². The van der Waals surface area contributed by atoms with Crippen LogP contribution >= 0.6 is 11.8 Å². The molecule has 0 aliphatic rings. The molecule has 0 saturated heterocycles. The number of rotatable bonds is 8. The molecular weight excluding hydrogens is 178 g/mol. The minimum Gasteiger partial charge on any atom is -0.316 e. The molecule has 0 heterocycles. The molecule has 0 saturated carbocycles. The molecule has 1 N–H and O–H groups in total. The Morgan fingerprint density at radius 1 is 1.23 bits per heavy atom. The quantitative estimate of drug-likeness (QED) is 0.608. The van der Waals surface area contributed by atoms with Crippen molar-refractivity contribution in [1.29, 1.82) is 0 Å². The first-order chi connectivity index (χ1) is 6.12. The molecule has 0 aliphatic carbocycles. The van der Waals surface area contributed by atoms with Gasteiger partial charge in [-0.3, -0.25) is 0 Å². The van der Waals surface area contributed by atoms with Crippen LogP contribution in [0.5, 0.6) is 0 Å². The van der Waals surface area contributed by atoms with Crippen LogP contribution in [0.15, 0.2) is 0 Å². The van der Waals surface area contributed by atoms with Crippen molar-refractivity contribution >= 4 is 11.8 Å². The van der Waals surface area contributed by atoms with Crippen LogP contribution < -0.4 is 5.32 Å². The molecule has 0 atom stereocenters. The molecule has 0 aromatic carbocycles. The van der Waals surface area contributed by atoms with E-state index in [0.29, 0.717) is 5.41 Å². The molecule has 0 aromatic rings. The zero-order chi connectivity index (χ0) is 10.2. The summed E-state index contributed by atoms with van der Waals surface area (Å²) in [5.74, 6) is 2.55. The third-order valence-corrected chi connectivity index (χ3v) is 3.06. The lowest BCUT2D eigenvalue weighted by Gasteiger charge is -2.24. The largest absolute Gasteiger partial charge is 0.316 e. The topological polar surface area (TPSA) is 12.0 Å². The zero-order valence-corrected chi connectivity index (χ0v) is 10.5. The molecule has 2 heteroatoms. The van der Waals surface area contributed by atoms with Gasteiger partial charge in [-0.25, -0.2) is 0 Å². The van der Waals surface area contributed by atoms with Crippen LogP contribution in [0.2, 0.25) is 0 Å². The summed E-state index contributed by atoms with van der Waals surface area (Å²) in [6, 6.07) is 0. The highest BCUT2D eigenvalue weighted by molar-refractivity contribution is 7.99. The summed E-state index contributed by atoms with van der Waals surface area (Å²) >= 11 is 2.05. The van der Waals surface area contributed by atoms with Crippen LogP contribution in [0.3, 0.4) is 0 Å². The van der Waals surface area contributed by atoms with Crippen molar-refractivity contribution in [3.63, 3.8) is 0 Å². The number of hydrogen-bond donors (Lipinski definition) is 1. The van der Waals surface area contributed by atoms with Gasteiger partial charge < -0.3 is 5.32 Å². The Bertz CT molecular complexity index is 101. The highest BCUT2D eigenvalue weighted by Gasteiger charge is 2.16. The Morgan fingerprint density at radius 2 is 1.92 bits per heavy atom. The highest BCUT2D eigenvalue weighted by Crippen LogP contribution is 2.21. The van der Waals surface area contributed by atoms with Crippen molar-refractivity contribution in [2.45, 2.75) is 40.5 Å².